The first-order valence-corrected chi connectivity index (χ1v) is 6.25. The van der Waals surface area contributed by atoms with Crippen molar-refractivity contribution in [1.29, 1.82) is 0 Å². The van der Waals surface area contributed by atoms with Crippen molar-refractivity contribution in [2.75, 3.05) is 6.54 Å². The Morgan fingerprint density at radius 1 is 1.38 bits per heavy atom. The molecule has 3 heteroatoms. The predicted octanol–water partition coefficient (Wildman–Crippen LogP) is 2.71. The van der Waals surface area contributed by atoms with Crippen LogP contribution in [-0.2, 0) is 0 Å². The molecule has 3 nitrogen and oxygen atoms in total. The third kappa shape index (κ3) is 2.24. The molecule has 1 N–H and O–H groups in total. The minimum Gasteiger partial charge on any atom is -0.308 e. The topological polar surface area (TPSA) is 37.8 Å². The van der Waals surface area contributed by atoms with Gasteiger partial charge in [0.05, 0.1) is 11.7 Å². The summed E-state index contributed by atoms with van der Waals surface area (Å²) in [6.07, 6.45) is 10.7. The molecule has 0 radical (unpaired) electrons. The van der Waals surface area contributed by atoms with E-state index in [1.165, 1.54) is 25.7 Å². The largest absolute Gasteiger partial charge is 0.308 e. The van der Waals surface area contributed by atoms with Gasteiger partial charge in [0.15, 0.2) is 0 Å². The van der Waals surface area contributed by atoms with Crippen molar-refractivity contribution in [2.24, 2.45) is 5.41 Å². The molecule has 1 heterocycles. The molecule has 1 aromatic rings. The van der Waals surface area contributed by atoms with Crippen LogP contribution < -0.4 is 5.32 Å². The Balaban J connectivity index is 2.23. The van der Waals surface area contributed by atoms with Crippen molar-refractivity contribution >= 4 is 0 Å². The number of nitrogens with one attached hydrogen (secondary N) is 1. The number of hydrogen-bond donors (Lipinski definition) is 1. The van der Waals surface area contributed by atoms with E-state index in [0.29, 0.717) is 11.5 Å². The molecule has 1 aromatic heterocycles. The van der Waals surface area contributed by atoms with Crippen molar-refractivity contribution in [2.45, 2.75) is 45.6 Å². The maximum Gasteiger partial charge on any atom is 0.0761 e. The minimum atomic E-state index is 0.353. The highest BCUT2D eigenvalue weighted by Crippen LogP contribution is 2.46. The molecular formula is C13H21N3. The van der Waals surface area contributed by atoms with E-state index in [4.69, 9.17) is 0 Å². The monoisotopic (exact) mass is 219 g/mol. The van der Waals surface area contributed by atoms with E-state index in [1.807, 2.05) is 6.20 Å². The molecule has 1 aliphatic carbocycles. The fraction of sp³-hybridized carbons (Fsp3) is 0.692. The quantitative estimate of drug-likeness (QED) is 0.846. The average molecular weight is 219 g/mol. The third-order valence-corrected chi connectivity index (χ3v) is 3.73. The smallest absolute Gasteiger partial charge is 0.0761 e. The highest BCUT2D eigenvalue weighted by molar-refractivity contribution is 5.09. The molecule has 0 bridgehead atoms. The third-order valence-electron chi connectivity index (χ3n) is 3.73. The second kappa shape index (κ2) is 4.91. The minimum absolute atomic E-state index is 0.353. The molecule has 1 saturated carbocycles. The fourth-order valence-corrected chi connectivity index (χ4v) is 2.84. The molecule has 88 valence electrons. The summed E-state index contributed by atoms with van der Waals surface area (Å²) >= 11 is 0. The Kier molecular flexibility index (Phi) is 3.54. The van der Waals surface area contributed by atoms with Gasteiger partial charge in [-0.15, -0.1) is 0 Å². The van der Waals surface area contributed by atoms with Gasteiger partial charge in [0.2, 0.25) is 0 Å². The lowest BCUT2D eigenvalue weighted by Crippen LogP contribution is -2.35. The van der Waals surface area contributed by atoms with Crippen LogP contribution in [0.2, 0.25) is 0 Å². The van der Waals surface area contributed by atoms with Gasteiger partial charge < -0.3 is 5.32 Å². The van der Waals surface area contributed by atoms with Crippen molar-refractivity contribution in [1.82, 2.24) is 15.3 Å². The summed E-state index contributed by atoms with van der Waals surface area (Å²) in [6.45, 7) is 5.51. The van der Waals surface area contributed by atoms with Crippen molar-refractivity contribution in [3.63, 3.8) is 0 Å². The van der Waals surface area contributed by atoms with E-state index in [2.05, 4.69) is 29.1 Å². The van der Waals surface area contributed by atoms with Crippen LogP contribution in [0.5, 0.6) is 0 Å². The number of rotatable bonds is 4. The number of hydrogen-bond acceptors (Lipinski definition) is 3. The summed E-state index contributed by atoms with van der Waals surface area (Å²) in [5.41, 5.74) is 1.44. The highest BCUT2D eigenvalue weighted by atomic mass is 15.0. The normalized spacial score (nSPS) is 20.9. The van der Waals surface area contributed by atoms with Gasteiger partial charge in [-0.25, -0.2) is 0 Å². The Morgan fingerprint density at radius 2 is 2.12 bits per heavy atom. The molecule has 1 unspecified atom stereocenters. The van der Waals surface area contributed by atoms with Crippen molar-refractivity contribution < 1.29 is 0 Å². The van der Waals surface area contributed by atoms with Gasteiger partial charge in [0, 0.05) is 18.6 Å². The van der Waals surface area contributed by atoms with Gasteiger partial charge in [-0.2, -0.15) is 0 Å². The van der Waals surface area contributed by atoms with Crippen LogP contribution in [0.25, 0.3) is 0 Å². The molecular weight excluding hydrogens is 198 g/mol. The Labute approximate surface area is 97.7 Å². The summed E-state index contributed by atoms with van der Waals surface area (Å²) in [5, 5.41) is 3.58. The molecule has 16 heavy (non-hydrogen) atoms. The lowest BCUT2D eigenvalue weighted by Gasteiger charge is -2.34. The van der Waals surface area contributed by atoms with Gasteiger partial charge in [0.1, 0.15) is 0 Å². The highest BCUT2D eigenvalue weighted by Gasteiger charge is 2.38. The molecule has 0 spiro atoms. The molecule has 2 rings (SSSR count). The standard InChI is InChI=1S/C13H21N3/c1-3-15-12(11-10-14-8-9-16-11)13(2)6-4-5-7-13/h8-10,12,15H,3-7H2,1-2H3. The lowest BCUT2D eigenvalue weighted by molar-refractivity contribution is 0.221. The first-order chi connectivity index (χ1) is 7.76. The summed E-state index contributed by atoms with van der Waals surface area (Å²) in [5.74, 6) is 0. The van der Waals surface area contributed by atoms with Crippen molar-refractivity contribution in [3.8, 4) is 0 Å². The van der Waals surface area contributed by atoms with Gasteiger partial charge in [-0.1, -0.05) is 26.7 Å². The second-order valence-electron chi connectivity index (χ2n) is 4.98. The van der Waals surface area contributed by atoms with Crippen LogP contribution in [0.15, 0.2) is 18.6 Å². The molecule has 0 aromatic carbocycles. The zero-order valence-electron chi connectivity index (χ0n) is 10.2. The molecule has 0 amide bonds. The Hall–Kier alpha value is -0.960. The summed E-state index contributed by atoms with van der Waals surface area (Å²) < 4.78 is 0. The molecule has 0 aliphatic heterocycles. The summed E-state index contributed by atoms with van der Waals surface area (Å²) in [4.78, 5) is 8.65. The van der Waals surface area contributed by atoms with E-state index in [1.54, 1.807) is 12.4 Å². The molecule has 1 aliphatic rings. The van der Waals surface area contributed by atoms with Crippen LogP contribution >= 0.6 is 0 Å². The van der Waals surface area contributed by atoms with Crippen LogP contribution in [0.3, 0.4) is 0 Å². The maximum atomic E-state index is 4.46. The van der Waals surface area contributed by atoms with Crippen molar-refractivity contribution in [3.05, 3.63) is 24.3 Å². The van der Waals surface area contributed by atoms with E-state index < -0.39 is 0 Å². The SMILES string of the molecule is CCNC(c1cnccn1)C1(C)CCCC1. The number of aromatic nitrogens is 2. The van der Waals surface area contributed by atoms with Gasteiger partial charge >= 0.3 is 0 Å². The van der Waals surface area contributed by atoms with Crippen LogP contribution in [0, 0.1) is 5.41 Å². The molecule has 0 saturated heterocycles. The lowest BCUT2D eigenvalue weighted by atomic mass is 9.79. The first-order valence-electron chi connectivity index (χ1n) is 6.25. The Morgan fingerprint density at radius 3 is 2.69 bits per heavy atom. The zero-order valence-corrected chi connectivity index (χ0v) is 10.2. The maximum absolute atomic E-state index is 4.46. The van der Waals surface area contributed by atoms with Crippen LogP contribution in [0.1, 0.15) is 51.3 Å². The Bertz CT molecular complexity index is 317. The van der Waals surface area contributed by atoms with E-state index in [0.717, 1.165) is 12.2 Å². The zero-order chi connectivity index (χ0) is 11.4. The summed E-state index contributed by atoms with van der Waals surface area (Å²) in [6, 6.07) is 0.355. The van der Waals surface area contributed by atoms with E-state index in [-0.39, 0.29) is 0 Å². The van der Waals surface area contributed by atoms with Crippen LogP contribution in [0.4, 0.5) is 0 Å². The first kappa shape index (κ1) is 11.5. The second-order valence-corrected chi connectivity index (χ2v) is 4.98. The molecule has 1 fully saturated rings. The average Bonchev–Trinajstić information content (AvgIpc) is 2.75. The van der Waals surface area contributed by atoms with Gasteiger partial charge in [0.25, 0.3) is 0 Å². The van der Waals surface area contributed by atoms with Gasteiger partial charge in [-0.05, 0) is 24.8 Å². The summed E-state index contributed by atoms with van der Waals surface area (Å²) in [7, 11) is 0. The predicted molar refractivity (Wildman–Crippen MR) is 65.0 cm³/mol. The number of nitrogens with zero attached hydrogens (tertiary/aromatic N) is 2. The van der Waals surface area contributed by atoms with E-state index >= 15 is 0 Å². The van der Waals surface area contributed by atoms with E-state index in [9.17, 15) is 0 Å². The van der Waals surface area contributed by atoms with Gasteiger partial charge in [-0.3, -0.25) is 9.97 Å². The van der Waals surface area contributed by atoms with Crippen LogP contribution in [-0.4, -0.2) is 16.5 Å². The molecule has 1 atom stereocenters. The fourth-order valence-electron chi connectivity index (χ4n) is 2.84.